The van der Waals surface area contributed by atoms with Gasteiger partial charge in [-0.3, -0.25) is 9.59 Å². The summed E-state index contributed by atoms with van der Waals surface area (Å²) < 4.78 is 11.3. The van der Waals surface area contributed by atoms with E-state index in [9.17, 15) is 14.7 Å². The van der Waals surface area contributed by atoms with Crippen LogP contribution in [0.15, 0.2) is 60.9 Å². The van der Waals surface area contributed by atoms with E-state index in [0.29, 0.717) is 41.1 Å². The van der Waals surface area contributed by atoms with Gasteiger partial charge in [0.1, 0.15) is 17.1 Å². The highest BCUT2D eigenvalue weighted by molar-refractivity contribution is 6.36. The minimum atomic E-state index is -0.374. The molecule has 0 aliphatic carbocycles. The van der Waals surface area contributed by atoms with Crippen LogP contribution in [0.25, 0.3) is 11.0 Å². The largest absolute Gasteiger partial charge is 0.457 e. The van der Waals surface area contributed by atoms with Crippen molar-refractivity contribution < 1.29 is 24.2 Å². The van der Waals surface area contributed by atoms with E-state index in [1.54, 1.807) is 18.2 Å². The molecule has 2 aromatic carbocycles. The monoisotopic (exact) mass is 520 g/mol. The van der Waals surface area contributed by atoms with Crippen molar-refractivity contribution in [2.45, 2.75) is 18.9 Å². The lowest BCUT2D eigenvalue weighted by molar-refractivity contribution is -0.127. The second-order valence-corrected chi connectivity index (χ2v) is 9.21. The number of H-pyrrole nitrogens is 1. The highest BCUT2D eigenvalue weighted by atomic mass is 35.5. The molecule has 10 heteroatoms. The second kappa shape index (κ2) is 10.6. The van der Waals surface area contributed by atoms with Crippen molar-refractivity contribution in [2.24, 2.45) is 5.92 Å². The first-order valence-corrected chi connectivity index (χ1v) is 12.2. The number of rotatable bonds is 7. The Hall–Kier alpha value is -3.92. The van der Waals surface area contributed by atoms with Crippen LogP contribution < -0.4 is 15.8 Å². The van der Waals surface area contributed by atoms with Crippen LogP contribution in [0, 0.1) is 5.92 Å². The van der Waals surface area contributed by atoms with Crippen LogP contribution in [0.1, 0.15) is 28.8 Å². The zero-order valence-corrected chi connectivity index (χ0v) is 20.5. The van der Waals surface area contributed by atoms with Crippen molar-refractivity contribution in [3.05, 3.63) is 77.1 Å². The number of nitrogens with two attached hydrogens (primary N) is 1. The van der Waals surface area contributed by atoms with Gasteiger partial charge in [-0.25, -0.2) is 4.98 Å². The van der Waals surface area contributed by atoms with Gasteiger partial charge in [-0.15, -0.1) is 0 Å². The fourth-order valence-corrected chi connectivity index (χ4v) is 4.56. The molecule has 1 aliphatic rings. The summed E-state index contributed by atoms with van der Waals surface area (Å²) in [7, 11) is 0. The molecule has 0 unspecified atom stereocenters. The molecule has 0 radical (unpaired) electrons. The second-order valence-electron chi connectivity index (χ2n) is 8.80. The first-order chi connectivity index (χ1) is 17.9. The molecule has 1 aliphatic heterocycles. The van der Waals surface area contributed by atoms with Gasteiger partial charge in [0.25, 0.3) is 0 Å². The maximum Gasteiger partial charge on any atom is 0.229 e. The van der Waals surface area contributed by atoms with Gasteiger partial charge < -0.3 is 30.6 Å². The smallest absolute Gasteiger partial charge is 0.229 e. The Morgan fingerprint density at radius 3 is 2.68 bits per heavy atom. The predicted octanol–water partition coefficient (Wildman–Crippen LogP) is 4.55. The number of halogens is 1. The summed E-state index contributed by atoms with van der Waals surface area (Å²) in [5.41, 5.74) is 7.88. The summed E-state index contributed by atoms with van der Waals surface area (Å²) in [4.78, 5) is 33.5. The number of carbonyl (C=O) groups is 2. The summed E-state index contributed by atoms with van der Waals surface area (Å²) in [5.74, 6) is 0.158. The van der Waals surface area contributed by atoms with Crippen molar-refractivity contribution in [1.82, 2.24) is 9.97 Å². The average molecular weight is 521 g/mol. The molecule has 5 rings (SSSR count). The van der Waals surface area contributed by atoms with E-state index in [0.717, 1.165) is 0 Å². The number of hydrogen-bond acceptors (Lipinski definition) is 7. The molecule has 1 saturated heterocycles. The highest BCUT2D eigenvalue weighted by Gasteiger charge is 2.28. The summed E-state index contributed by atoms with van der Waals surface area (Å²) in [6.07, 6.45) is 3.91. The fraction of sp³-hybridized carbons (Fsp3) is 0.222. The summed E-state index contributed by atoms with van der Waals surface area (Å²) in [5, 5.41) is 12.6. The van der Waals surface area contributed by atoms with E-state index >= 15 is 0 Å². The number of aromatic nitrogens is 2. The van der Waals surface area contributed by atoms with E-state index in [-0.39, 0.29) is 58.8 Å². The normalized spacial score (nSPS) is 17.5. The van der Waals surface area contributed by atoms with Crippen LogP contribution >= 0.6 is 11.6 Å². The number of aromatic amines is 1. The molecule has 1 amide bonds. The molecule has 2 aromatic heterocycles. The molecule has 3 heterocycles. The SMILES string of the molecule is Nc1c(NC(=O)[C@H]2CC[C@@H](CO)OC2)cnc2[nH]cc(C(=O)c3ccc(Oc4ccccc4)cc3Cl)c12. The first kappa shape index (κ1) is 24.8. The Balaban J connectivity index is 1.38. The Morgan fingerprint density at radius 2 is 1.97 bits per heavy atom. The lowest BCUT2D eigenvalue weighted by Gasteiger charge is -2.27. The Labute approximate surface area is 217 Å². The van der Waals surface area contributed by atoms with Gasteiger partial charge in [-0.05, 0) is 37.1 Å². The molecular weight excluding hydrogens is 496 g/mol. The van der Waals surface area contributed by atoms with E-state index in [1.165, 1.54) is 12.4 Å². The molecule has 1 fully saturated rings. The maximum absolute atomic E-state index is 13.5. The summed E-state index contributed by atoms with van der Waals surface area (Å²) in [6, 6.07) is 14.1. The van der Waals surface area contributed by atoms with Gasteiger partial charge in [0.15, 0.2) is 5.78 Å². The third-order valence-electron chi connectivity index (χ3n) is 6.35. The Kier molecular flexibility index (Phi) is 7.09. The van der Waals surface area contributed by atoms with Crippen LogP contribution in [0.2, 0.25) is 5.02 Å². The molecule has 4 aromatic rings. The van der Waals surface area contributed by atoms with E-state index < -0.39 is 0 Å². The van der Waals surface area contributed by atoms with Gasteiger partial charge in [-0.2, -0.15) is 0 Å². The number of ether oxygens (including phenoxy) is 2. The van der Waals surface area contributed by atoms with Crippen molar-refractivity contribution in [3.8, 4) is 11.5 Å². The molecule has 37 heavy (non-hydrogen) atoms. The number of anilines is 2. The van der Waals surface area contributed by atoms with Crippen LogP contribution in [0.4, 0.5) is 11.4 Å². The van der Waals surface area contributed by atoms with Crippen LogP contribution in [-0.2, 0) is 9.53 Å². The first-order valence-electron chi connectivity index (χ1n) is 11.8. The third-order valence-corrected chi connectivity index (χ3v) is 6.67. The van der Waals surface area contributed by atoms with E-state index in [4.69, 9.17) is 26.8 Å². The molecule has 0 spiro atoms. The van der Waals surface area contributed by atoms with Crippen molar-refractivity contribution >= 4 is 45.7 Å². The molecular formula is C27H25ClN4O5. The standard InChI is InChI=1S/C27H25ClN4O5/c28-21-10-17(37-16-4-2-1-3-5-16)8-9-19(21)25(34)20-11-30-26-23(20)24(29)22(12-31-26)32-27(35)15-6-7-18(13-33)36-14-15/h1-5,8-12,15,18,33H,6-7,13-14H2,(H,32,35)(H3,29,30,31)/t15-,18-/m0/s1. The predicted molar refractivity (Wildman–Crippen MR) is 140 cm³/mol. The number of carbonyl (C=O) groups excluding carboxylic acids is 2. The van der Waals surface area contributed by atoms with Gasteiger partial charge in [-0.1, -0.05) is 29.8 Å². The van der Waals surface area contributed by atoms with Crippen molar-refractivity contribution in [1.29, 1.82) is 0 Å². The molecule has 0 bridgehead atoms. The van der Waals surface area contributed by atoms with Crippen LogP contribution in [0.3, 0.4) is 0 Å². The number of benzene rings is 2. The zero-order chi connectivity index (χ0) is 25.9. The van der Waals surface area contributed by atoms with Gasteiger partial charge in [0.05, 0.1) is 58.8 Å². The lowest BCUT2D eigenvalue weighted by atomic mass is 9.97. The molecule has 2 atom stereocenters. The molecule has 5 N–H and O–H groups in total. The van der Waals surface area contributed by atoms with Gasteiger partial charge in [0, 0.05) is 17.8 Å². The highest BCUT2D eigenvalue weighted by Crippen LogP contribution is 2.34. The Bertz CT molecular complexity index is 1450. The minimum absolute atomic E-state index is 0.0705. The third kappa shape index (κ3) is 5.15. The van der Waals surface area contributed by atoms with Crippen molar-refractivity contribution in [3.63, 3.8) is 0 Å². The minimum Gasteiger partial charge on any atom is -0.457 e. The van der Waals surface area contributed by atoms with Crippen molar-refractivity contribution in [2.75, 3.05) is 24.3 Å². The number of aliphatic hydroxyl groups is 1. The lowest BCUT2D eigenvalue weighted by Crippen LogP contribution is -2.35. The number of ketones is 1. The molecule has 0 saturated carbocycles. The quantitative estimate of drug-likeness (QED) is 0.262. The number of hydrogen-bond donors (Lipinski definition) is 4. The number of para-hydroxylation sites is 1. The van der Waals surface area contributed by atoms with Gasteiger partial charge in [0.2, 0.25) is 5.91 Å². The number of nitrogens with one attached hydrogen (secondary N) is 2. The molecule has 190 valence electrons. The van der Waals surface area contributed by atoms with Crippen LogP contribution in [-0.4, -0.2) is 46.1 Å². The zero-order valence-electron chi connectivity index (χ0n) is 19.7. The fourth-order valence-electron chi connectivity index (χ4n) is 4.30. The van der Waals surface area contributed by atoms with Gasteiger partial charge >= 0.3 is 0 Å². The number of nitrogen functional groups attached to an aromatic ring is 1. The van der Waals surface area contributed by atoms with E-state index in [1.807, 2.05) is 30.3 Å². The number of fused-ring (bicyclic) bond motifs is 1. The Morgan fingerprint density at radius 1 is 1.16 bits per heavy atom. The molecule has 9 nitrogen and oxygen atoms in total. The van der Waals surface area contributed by atoms with E-state index in [2.05, 4.69) is 15.3 Å². The summed E-state index contributed by atoms with van der Waals surface area (Å²) in [6.45, 7) is 0.141. The van der Waals surface area contributed by atoms with Crippen LogP contribution in [0.5, 0.6) is 11.5 Å². The number of nitrogens with zero attached hydrogens (tertiary/aromatic N) is 1. The average Bonchev–Trinajstić information content (AvgIpc) is 3.36. The summed E-state index contributed by atoms with van der Waals surface area (Å²) >= 11 is 6.46. The number of amides is 1. The maximum atomic E-state index is 13.5. The number of pyridine rings is 1. The number of aliphatic hydroxyl groups excluding tert-OH is 1. The topological polar surface area (TPSA) is 140 Å².